The molecule has 0 fully saturated rings. The monoisotopic (exact) mass is 209 g/mol. The Kier molecular flexibility index (Phi) is 1.97. The molecule has 0 saturated heterocycles. The fourth-order valence-electron chi connectivity index (χ4n) is 1.37. The summed E-state index contributed by atoms with van der Waals surface area (Å²) in [5.41, 5.74) is 1.11. The minimum absolute atomic E-state index is 0.158. The molecule has 0 saturated carbocycles. The molecule has 1 aromatic heterocycles. The van der Waals surface area contributed by atoms with E-state index in [2.05, 4.69) is 4.98 Å². The number of aryl methyl sites for hydroxylation is 1. The van der Waals surface area contributed by atoms with E-state index in [1.807, 2.05) is 13.0 Å². The zero-order valence-electron chi connectivity index (χ0n) is 7.47. The number of aromatic nitrogens is 1. The van der Waals surface area contributed by atoms with Gasteiger partial charge in [-0.1, -0.05) is 23.2 Å². The molecule has 0 aliphatic heterocycles. The molecule has 0 unspecified atom stereocenters. The number of hydrogen-bond donors (Lipinski definition) is 2. The molecule has 2 aromatic rings. The second kappa shape index (κ2) is 3.03. The molecular weight excluding hydrogens is 202 g/mol. The van der Waals surface area contributed by atoms with Crippen molar-refractivity contribution in [3.8, 4) is 5.75 Å². The van der Waals surface area contributed by atoms with Gasteiger partial charge < -0.3 is 10.1 Å². The zero-order valence-corrected chi connectivity index (χ0v) is 8.22. The molecule has 4 heteroatoms. The van der Waals surface area contributed by atoms with E-state index in [0.717, 1.165) is 5.56 Å². The largest absolute Gasteiger partial charge is 0.505 e. The van der Waals surface area contributed by atoms with Crippen LogP contribution in [0, 0.1) is 6.92 Å². The van der Waals surface area contributed by atoms with Gasteiger partial charge in [0, 0.05) is 5.39 Å². The van der Waals surface area contributed by atoms with Gasteiger partial charge in [-0.25, -0.2) is 0 Å². The first-order chi connectivity index (χ1) is 6.59. The first-order valence-corrected chi connectivity index (χ1v) is 4.48. The van der Waals surface area contributed by atoms with Crippen molar-refractivity contribution < 1.29 is 5.11 Å². The topological polar surface area (TPSA) is 53.1 Å². The van der Waals surface area contributed by atoms with Crippen LogP contribution >= 0.6 is 11.6 Å². The molecule has 0 amide bonds. The zero-order chi connectivity index (χ0) is 10.3. The van der Waals surface area contributed by atoms with Crippen LogP contribution in [0.25, 0.3) is 10.9 Å². The summed E-state index contributed by atoms with van der Waals surface area (Å²) in [7, 11) is 0. The van der Waals surface area contributed by atoms with Crippen LogP contribution in [-0.4, -0.2) is 10.1 Å². The lowest BCUT2D eigenvalue weighted by atomic mass is 10.1. The molecule has 0 spiro atoms. The minimum Gasteiger partial charge on any atom is -0.505 e. The van der Waals surface area contributed by atoms with Crippen molar-refractivity contribution in [3.05, 3.63) is 39.1 Å². The van der Waals surface area contributed by atoms with Gasteiger partial charge in [-0.05, 0) is 19.1 Å². The number of pyridine rings is 1. The van der Waals surface area contributed by atoms with Gasteiger partial charge >= 0.3 is 0 Å². The van der Waals surface area contributed by atoms with E-state index in [-0.39, 0.29) is 10.8 Å². The number of H-pyrrole nitrogens is 1. The van der Waals surface area contributed by atoms with E-state index in [0.29, 0.717) is 10.9 Å². The summed E-state index contributed by atoms with van der Waals surface area (Å²) >= 11 is 5.62. The number of nitrogens with one attached hydrogen (secondary N) is 1. The van der Waals surface area contributed by atoms with E-state index in [1.165, 1.54) is 0 Å². The number of fused-ring (bicyclic) bond motifs is 1. The minimum atomic E-state index is -0.472. The fraction of sp³-hybridized carbons (Fsp3) is 0.100. The molecule has 0 atom stereocenters. The number of benzene rings is 1. The lowest BCUT2D eigenvalue weighted by Gasteiger charge is -2.03. The van der Waals surface area contributed by atoms with Crippen LogP contribution in [-0.2, 0) is 0 Å². The highest BCUT2D eigenvalue weighted by Crippen LogP contribution is 2.28. The Morgan fingerprint density at radius 1 is 1.43 bits per heavy atom. The van der Waals surface area contributed by atoms with Gasteiger partial charge in [0.05, 0.1) is 5.52 Å². The molecule has 72 valence electrons. The molecular formula is C10H8ClNO2. The second-order valence-electron chi connectivity index (χ2n) is 3.17. The third-order valence-electron chi connectivity index (χ3n) is 2.09. The Balaban J connectivity index is 2.99. The summed E-state index contributed by atoms with van der Waals surface area (Å²) < 4.78 is 0. The normalized spacial score (nSPS) is 10.7. The highest BCUT2D eigenvalue weighted by molar-refractivity contribution is 6.32. The van der Waals surface area contributed by atoms with Crippen LogP contribution in [0.3, 0.4) is 0 Å². The number of aromatic amines is 1. The average molecular weight is 210 g/mol. The molecule has 2 rings (SSSR count). The third-order valence-corrected chi connectivity index (χ3v) is 2.44. The highest BCUT2D eigenvalue weighted by atomic mass is 35.5. The van der Waals surface area contributed by atoms with Crippen LogP contribution in [0.15, 0.2) is 23.0 Å². The van der Waals surface area contributed by atoms with Gasteiger partial charge in [0.15, 0.2) is 0 Å². The number of aromatic hydroxyl groups is 1. The van der Waals surface area contributed by atoms with E-state index < -0.39 is 5.56 Å². The van der Waals surface area contributed by atoms with Gasteiger partial charge in [0.25, 0.3) is 5.56 Å². The first-order valence-electron chi connectivity index (χ1n) is 4.10. The van der Waals surface area contributed by atoms with Crippen molar-refractivity contribution in [1.82, 2.24) is 4.98 Å². The Hall–Kier alpha value is -1.48. The summed E-state index contributed by atoms with van der Waals surface area (Å²) in [6.45, 7) is 1.90. The van der Waals surface area contributed by atoms with Crippen molar-refractivity contribution in [1.29, 1.82) is 0 Å². The van der Waals surface area contributed by atoms with Crippen LogP contribution in [0.1, 0.15) is 5.56 Å². The van der Waals surface area contributed by atoms with E-state index in [4.69, 9.17) is 11.6 Å². The van der Waals surface area contributed by atoms with Gasteiger partial charge in [-0.2, -0.15) is 0 Å². The first kappa shape index (κ1) is 9.09. The summed E-state index contributed by atoms with van der Waals surface area (Å²) in [5.74, 6) is -0.158. The standard InChI is InChI=1S/C10H8ClNO2/c1-5-2-3-7-6(4-5)9(13)8(11)10(14)12-7/h2-4H,1H3,(H2,12,13,14). The maximum absolute atomic E-state index is 11.2. The van der Waals surface area contributed by atoms with Crippen LogP contribution in [0.2, 0.25) is 5.02 Å². The van der Waals surface area contributed by atoms with Crippen LogP contribution in [0.5, 0.6) is 5.75 Å². The predicted octanol–water partition coefficient (Wildman–Crippen LogP) is 2.20. The predicted molar refractivity (Wildman–Crippen MR) is 56.0 cm³/mol. The maximum Gasteiger partial charge on any atom is 0.271 e. The van der Waals surface area contributed by atoms with Gasteiger partial charge in [-0.15, -0.1) is 0 Å². The third kappa shape index (κ3) is 1.26. The number of hydrogen-bond acceptors (Lipinski definition) is 2. The lowest BCUT2D eigenvalue weighted by Crippen LogP contribution is -2.06. The lowest BCUT2D eigenvalue weighted by molar-refractivity contribution is 0.481. The van der Waals surface area contributed by atoms with Gasteiger partial charge in [0.2, 0.25) is 0 Å². The molecule has 1 heterocycles. The van der Waals surface area contributed by atoms with Crippen molar-refractivity contribution >= 4 is 22.5 Å². The molecule has 0 bridgehead atoms. The summed E-state index contributed by atoms with van der Waals surface area (Å²) in [6, 6.07) is 5.36. The Morgan fingerprint density at radius 3 is 2.86 bits per heavy atom. The summed E-state index contributed by atoms with van der Waals surface area (Å²) in [6.07, 6.45) is 0. The van der Waals surface area contributed by atoms with Crippen LogP contribution in [0.4, 0.5) is 0 Å². The molecule has 0 aliphatic rings. The van der Waals surface area contributed by atoms with Crippen molar-refractivity contribution in [2.75, 3.05) is 0 Å². The molecule has 0 aliphatic carbocycles. The molecule has 3 nitrogen and oxygen atoms in total. The van der Waals surface area contributed by atoms with E-state index >= 15 is 0 Å². The van der Waals surface area contributed by atoms with Crippen molar-refractivity contribution in [2.45, 2.75) is 6.92 Å². The molecule has 14 heavy (non-hydrogen) atoms. The SMILES string of the molecule is Cc1ccc2[nH]c(=O)c(Cl)c(O)c2c1. The number of halogens is 1. The molecule has 0 radical (unpaired) electrons. The summed E-state index contributed by atoms with van der Waals surface area (Å²) in [5, 5.41) is 10.0. The average Bonchev–Trinajstić information content (AvgIpc) is 2.16. The van der Waals surface area contributed by atoms with E-state index in [1.54, 1.807) is 12.1 Å². The Bertz CT molecular complexity index is 560. The quantitative estimate of drug-likeness (QED) is 0.699. The highest BCUT2D eigenvalue weighted by Gasteiger charge is 2.08. The van der Waals surface area contributed by atoms with Crippen molar-refractivity contribution in [2.24, 2.45) is 0 Å². The Labute approximate surface area is 85.0 Å². The smallest absolute Gasteiger partial charge is 0.271 e. The maximum atomic E-state index is 11.2. The Morgan fingerprint density at radius 2 is 2.14 bits per heavy atom. The summed E-state index contributed by atoms with van der Waals surface area (Å²) in [4.78, 5) is 13.8. The second-order valence-corrected chi connectivity index (χ2v) is 3.54. The molecule has 1 aromatic carbocycles. The van der Waals surface area contributed by atoms with Crippen LogP contribution < -0.4 is 5.56 Å². The molecule has 2 N–H and O–H groups in total. The van der Waals surface area contributed by atoms with Gasteiger partial charge in [-0.3, -0.25) is 4.79 Å². The van der Waals surface area contributed by atoms with E-state index in [9.17, 15) is 9.90 Å². The number of rotatable bonds is 0. The van der Waals surface area contributed by atoms with Gasteiger partial charge in [0.1, 0.15) is 10.8 Å². The van der Waals surface area contributed by atoms with Crippen molar-refractivity contribution in [3.63, 3.8) is 0 Å². The fourth-order valence-corrected chi connectivity index (χ4v) is 1.52.